The highest BCUT2D eigenvalue weighted by Crippen LogP contribution is 2.51. The molecule has 0 spiro atoms. The van der Waals surface area contributed by atoms with Gasteiger partial charge in [-0.15, -0.1) is 0 Å². The second-order valence-electron chi connectivity index (χ2n) is 17.5. The van der Waals surface area contributed by atoms with E-state index in [1.54, 1.807) is 36.4 Å². The number of aliphatic hydroxyl groups excluding tert-OH is 2. The first-order valence-corrected chi connectivity index (χ1v) is 26.3. The first-order valence-electron chi connectivity index (χ1n) is 23.0. The van der Waals surface area contributed by atoms with E-state index in [-0.39, 0.29) is 34.5 Å². The van der Waals surface area contributed by atoms with Gasteiger partial charge in [0.25, 0.3) is 0 Å². The Bertz CT molecular complexity index is 2120. The Morgan fingerprint density at radius 2 is 0.921 bits per heavy atom. The maximum atomic E-state index is 14.1. The van der Waals surface area contributed by atoms with Crippen LogP contribution in [0.4, 0.5) is 0 Å². The lowest BCUT2D eigenvalue weighted by Gasteiger charge is -2.39. The van der Waals surface area contributed by atoms with Crippen molar-refractivity contribution in [3.8, 4) is 11.5 Å². The fraction of sp³-hybridized carbons (Fsp3) is 0.529. The minimum atomic E-state index is -3.75. The van der Waals surface area contributed by atoms with Crippen LogP contribution in [0.1, 0.15) is 120 Å². The van der Waals surface area contributed by atoms with Gasteiger partial charge in [-0.05, 0) is 78.6 Å². The van der Waals surface area contributed by atoms with E-state index in [1.807, 2.05) is 74.5 Å². The van der Waals surface area contributed by atoms with Gasteiger partial charge < -0.3 is 29.2 Å². The lowest BCUT2D eigenvalue weighted by atomic mass is 9.69. The zero-order valence-corrected chi connectivity index (χ0v) is 39.2. The molecule has 2 heterocycles. The SMILES string of the molecule is CCCC[C@]1(CC)CS(=O)(=O)c2cc(OCCOCCCOCCOc3ccc4c(c3)S(=O)(=O)C[C@@](CC)(CCCC)[C@@H](O)[C@@H]4c3ccccc3)ccc2[C@@H](c2ccccc2)[C@H]1O. The molecule has 4 aromatic rings. The Kier molecular flexibility index (Phi) is 16.9. The standard InChI is InChI=1S/C51H68O10S2/c1-5-9-26-50(7-3)36-62(54,55)44-34-40(22-24-42(44)46(48(50)52)38-18-13-11-14-19-38)60-32-30-58-28-17-29-59-31-33-61-41-23-25-43-45(35-41)63(56,57)37-51(8-4,27-10-6-2)49(53)47(43)39-20-15-12-16-21-39/h11-16,18-25,34-35,46-49,52-53H,5-10,17,26-33,36-37H2,1-4H3/t46-,47-,48-,49+,50-,51-/m1/s1. The van der Waals surface area contributed by atoms with Crippen LogP contribution in [0.2, 0.25) is 0 Å². The van der Waals surface area contributed by atoms with Crippen LogP contribution < -0.4 is 9.47 Å². The first kappa shape index (κ1) is 48.7. The minimum Gasteiger partial charge on any atom is -0.491 e. The summed E-state index contributed by atoms with van der Waals surface area (Å²) in [6.07, 6.45) is 4.75. The topological polar surface area (TPSA) is 146 Å². The van der Waals surface area contributed by atoms with Crippen LogP contribution in [0.25, 0.3) is 0 Å². The van der Waals surface area contributed by atoms with E-state index in [0.29, 0.717) is 81.2 Å². The van der Waals surface area contributed by atoms with E-state index in [0.717, 1.165) is 36.8 Å². The van der Waals surface area contributed by atoms with E-state index in [1.165, 1.54) is 0 Å². The molecule has 0 aromatic heterocycles. The molecule has 6 atom stereocenters. The monoisotopic (exact) mass is 904 g/mol. The van der Waals surface area contributed by atoms with E-state index in [4.69, 9.17) is 18.9 Å². The molecule has 344 valence electrons. The van der Waals surface area contributed by atoms with Gasteiger partial charge in [0.2, 0.25) is 0 Å². The molecule has 0 saturated heterocycles. The van der Waals surface area contributed by atoms with Crippen molar-refractivity contribution in [3.63, 3.8) is 0 Å². The summed E-state index contributed by atoms with van der Waals surface area (Å²) in [4.78, 5) is 0.428. The number of fused-ring (bicyclic) bond motifs is 2. The number of aliphatic hydroxyl groups is 2. The second-order valence-corrected chi connectivity index (χ2v) is 21.4. The van der Waals surface area contributed by atoms with Gasteiger partial charge in [-0.1, -0.05) is 126 Å². The zero-order chi connectivity index (χ0) is 45.1. The molecular weight excluding hydrogens is 837 g/mol. The number of benzene rings is 4. The Hall–Kier alpha value is -3.78. The van der Waals surface area contributed by atoms with E-state index >= 15 is 0 Å². The summed E-state index contributed by atoms with van der Waals surface area (Å²) in [5, 5.41) is 24.1. The van der Waals surface area contributed by atoms with Gasteiger partial charge in [0.1, 0.15) is 24.7 Å². The summed E-state index contributed by atoms with van der Waals surface area (Å²) < 4.78 is 79.9. The fourth-order valence-corrected chi connectivity index (χ4v) is 14.4. The van der Waals surface area contributed by atoms with Crippen molar-refractivity contribution in [2.75, 3.05) is 51.1 Å². The predicted molar refractivity (Wildman–Crippen MR) is 247 cm³/mol. The van der Waals surface area contributed by atoms with Crippen molar-refractivity contribution in [3.05, 3.63) is 119 Å². The highest BCUT2D eigenvalue weighted by atomic mass is 32.2. The molecule has 0 amide bonds. The molecule has 6 rings (SSSR count). The summed E-state index contributed by atoms with van der Waals surface area (Å²) in [6, 6.07) is 29.7. The molecule has 0 saturated carbocycles. The molecule has 0 fully saturated rings. The van der Waals surface area contributed by atoms with Gasteiger partial charge in [-0.3, -0.25) is 0 Å². The van der Waals surface area contributed by atoms with Crippen LogP contribution in [-0.2, 0) is 29.1 Å². The summed E-state index contributed by atoms with van der Waals surface area (Å²) in [7, 11) is -7.50. The third kappa shape index (κ3) is 11.2. The van der Waals surface area contributed by atoms with Gasteiger partial charge in [0, 0.05) is 35.9 Å². The van der Waals surface area contributed by atoms with Crippen LogP contribution in [0.3, 0.4) is 0 Å². The summed E-state index contributed by atoms with van der Waals surface area (Å²) in [5.74, 6) is -0.348. The largest absolute Gasteiger partial charge is 0.491 e. The van der Waals surface area contributed by atoms with E-state index in [9.17, 15) is 27.0 Å². The Morgan fingerprint density at radius 3 is 1.29 bits per heavy atom. The lowest BCUT2D eigenvalue weighted by Crippen LogP contribution is -2.42. The molecule has 4 aromatic carbocycles. The molecule has 2 aliphatic heterocycles. The molecule has 0 bridgehead atoms. The number of hydrogen-bond acceptors (Lipinski definition) is 10. The van der Waals surface area contributed by atoms with Crippen LogP contribution >= 0.6 is 0 Å². The average molecular weight is 905 g/mol. The van der Waals surface area contributed by atoms with Gasteiger partial charge in [0.05, 0.1) is 46.7 Å². The molecule has 0 aliphatic carbocycles. The van der Waals surface area contributed by atoms with Crippen LogP contribution in [0, 0.1) is 10.8 Å². The fourth-order valence-electron chi connectivity index (χ4n) is 9.81. The number of sulfone groups is 2. The smallest absolute Gasteiger partial charge is 0.179 e. The van der Waals surface area contributed by atoms with Gasteiger partial charge >= 0.3 is 0 Å². The molecule has 10 nitrogen and oxygen atoms in total. The maximum absolute atomic E-state index is 14.1. The summed E-state index contributed by atoms with van der Waals surface area (Å²) in [6.45, 7) is 10.1. The molecule has 12 heteroatoms. The van der Waals surface area contributed by atoms with Crippen LogP contribution in [0.5, 0.6) is 11.5 Å². The van der Waals surface area contributed by atoms with Crippen molar-refractivity contribution in [1.29, 1.82) is 0 Å². The summed E-state index contributed by atoms with van der Waals surface area (Å²) in [5.41, 5.74) is 1.42. The molecule has 2 aliphatic rings. The minimum absolute atomic E-state index is 0.118. The third-order valence-corrected chi connectivity index (χ3v) is 17.5. The van der Waals surface area contributed by atoms with Crippen molar-refractivity contribution in [1.82, 2.24) is 0 Å². The zero-order valence-electron chi connectivity index (χ0n) is 37.5. The lowest BCUT2D eigenvalue weighted by molar-refractivity contribution is 0.0173. The maximum Gasteiger partial charge on any atom is 0.179 e. The molecule has 0 radical (unpaired) electrons. The quantitative estimate of drug-likeness (QED) is 0.0732. The highest BCUT2D eigenvalue weighted by molar-refractivity contribution is 7.91. The molecular formula is C51H68O10S2. The Labute approximate surface area is 376 Å². The molecule has 0 unspecified atom stereocenters. The van der Waals surface area contributed by atoms with E-state index < -0.39 is 54.5 Å². The van der Waals surface area contributed by atoms with Crippen LogP contribution in [-0.4, -0.2) is 90.4 Å². The van der Waals surface area contributed by atoms with E-state index in [2.05, 4.69) is 13.8 Å². The second kappa shape index (κ2) is 21.9. The summed E-state index contributed by atoms with van der Waals surface area (Å²) >= 11 is 0. The number of ether oxygens (including phenoxy) is 4. The normalized spacial score (nSPS) is 25.0. The van der Waals surface area contributed by atoms with Gasteiger partial charge in [0.15, 0.2) is 19.7 Å². The van der Waals surface area contributed by atoms with Crippen LogP contribution in [0.15, 0.2) is 107 Å². The Balaban J connectivity index is 0.987. The van der Waals surface area contributed by atoms with Crippen molar-refractivity contribution in [2.24, 2.45) is 10.8 Å². The highest BCUT2D eigenvalue weighted by Gasteiger charge is 2.50. The third-order valence-electron chi connectivity index (χ3n) is 13.5. The predicted octanol–water partition coefficient (Wildman–Crippen LogP) is 9.30. The number of unbranched alkanes of at least 4 members (excludes halogenated alkanes) is 2. The number of hydrogen-bond donors (Lipinski definition) is 2. The first-order chi connectivity index (χ1) is 30.3. The van der Waals surface area contributed by atoms with Crippen molar-refractivity contribution >= 4 is 19.7 Å². The Morgan fingerprint density at radius 1 is 0.524 bits per heavy atom. The average Bonchev–Trinajstić information content (AvgIpc) is 3.41. The van der Waals surface area contributed by atoms with Crippen molar-refractivity contribution < 1.29 is 46.0 Å². The molecule has 63 heavy (non-hydrogen) atoms. The van der Waals surface area contributed by atoms with Gasteiger partial charge in [-0.2, -0.15) is 0 Å². The van der Waals surface area contributed by atoms with Gasteiger partial charge in [-0.25, -0.2) is 16.8 Å². The molecule has 2 N–H and O–H groups in total. The number of rotatable bonds is 22. The van der Waals surface area contributed by atoms with Crippen molar-refractivity contribution in [2.45, 2.75) is 119 Å².